The SMILES string of the molecule is CC(=O)N(C)C1CCC(NC(=O)OC(C)(C)C)CC1. The third-order valence-electron chi connectivity index (χ3n) is 3.46. The predicted molar refractivity (Wildman–Crippen MR) is 73.9 cm³/mol. The second-order valence-corrected chi connectivity index (χ2v) is 6.28. The lowest BCUT2D eigenvalue weighted by atomic mass is 9.90. The van der Waals surface area contributed by atoms with Crippen molar-refractivity contribution < 1.29 is 14.3 Å². The molecule has 0 heterocycles. The van der Waals surface area contributed by atoms with E-state index in [0.29, 0.717) is 6.04 Å². The maximum atomic E-state index is 11.7. The highest BCUT2D eigenvalue weighted by Crippen LogP contribution is 2.22. The Morgan fingerprint density at radius 2 is 1.68 bits per heavy atom. The summed E-state index contributed by atoms with van der Waals surface area (Å²) >= 11 is 0. The zero-order valence-electron chi connectivity index (χ0n) is 12.7. The van der Waals surface area contributed by atoms with E-state index < -0.39 is 5.60 Å². The van der Waals surface area contributed by atoms with Crippen LogP contribution in [0.15, 0.2) is 0 Å². The van der Waals surface area contributed by atoms with E-state index in [0.717, 1.165) is 25.7 Å². The summed E-state index contributed by atoms with van der Waals surface area (Å²) in [5.74, 6) is 0.101. The Labute approximate surface area is 115 Å². The monoisotopic (exact) mass is 270 g/mol. The maximum Gasteiger partial charge on any atom is 0.407 e. The van der Waals surface area contributed by atoms with Crippen LogP contribution in [0.2, 0.25) is 0 Å². The molecular weight excluding hydrogens is 244 g/mol. The van der Waals surface area contributed by atoms with Crippen molar-refractivity contribution in [1.82, 2.24) is 10.2 Å². The second-order valence-electron chi connectivity index (χ2n) is 6.28. The van der Waals surface area contributed by atoms with Gasteiger partial charge in [-0.25, -0.2) is 4.79 Å². The first-order valence-corrected chi connectivity index (χ1v) is 6.92. The Hall–Kier alpha value is -1.26. The Bertz CT molecular complexity index is 328. The smallest absolute Gasteiger partial charge is 0.407 e. The summed E-state index contributed by atoms with van der Waals surface area (Å²) in [5, 5.41) is 2.90. The highest BCUT2D eigenvalue weighted by atomic mass is 16.6. The molecule has 1 N–H and O–H groups in total. The normalized spacial score (nSPS) is 23.6. The molecule has 2 amide bonds. The van der Waals surface area contributed by atoms with Gasteiger partial charge in [-0.05, 0) is 46.5 Å². The Morgan fingerprint density at radius 1 is 1.16 bits per heavy atom. The van der Waals surface area contributed by atoms with E-state index in [1.165, 1.54) is 0 Å². The van der Waals surface area contributed by atoms with Crippen molar-refractivity contribution in [1.29, 1.82) is 0 Å². The van der Waals surface area contributed by atoms with Crippen molar-refractivity contribution in [2.45, 2.75) is 71.1 Å². The summed E-state index contributed by atoms with van der Waals surface area (Å²) in [5.41, 5.74) is -0.462. The fourth-order valence-corrected chi connectivity index (χ4v) is 2.34. The lowest BCUT2D eigenvalue weighted by Crippen LogP contribution is -2.45. The molecule has 1 aliphatic carbocycles. The first-order valence-electron chi connectivity index (χ1n) is 6.92. The number of nitrogens with zero attached hydrogens (tertiary/aromatic N) is 1. The highest BCUT2D eigenvalue weighted by molar-refractivity contribution is 5.73. The first kappa shape index (κ1) is 15.8. The van der Waals surface area contributed by atoms with Gasteiger partial charge in [-0.15, -0.1) is 0 Å². The van der Waals surface area contributed by atoms with Crippen LogP contribution in [-0.2, 0) is 9.53 Å². The van der Waals surface area contributed by atoms with Gasteiger partial charge in [0.05, 0.1) is 0 Å². The van der Waals surface area contributed by atoms with Gasteiger partial charge in [0.25, 0.3) is 0 Å². The van der Waals surface area contributed by atoms with Crippen LogP contribution in [0.1, 0.15) is 53.4 Å². The third kappa shape index (κ3) is 5.49. The van der Waals surface area contributed by atoms with E-state index in [1.807, 2.05) is 27.8 Å². The Balaban J connectivity index is 2.34. The van der Waals surface area contributed by atoms with E-state index in [1.54, 1.807) is 11.8 Å². The van der Waals surface area contributed by atoms with E-state index in [2.05, 4.69) is 5.32 Å². The minimum absolute atomic E-state index is 0.101. The molecule has 1 fully saturated rings. The molecule has 1 rings (SSSR count). The Morgan fingerprint density at radius 3 is 2.11 bits per heavy atom. The van der Waals surface area contributed by atoms with Gasteiger partial charge in [0.1, 0.15) is 5.60 Å². The topological polar surface area (TPSA) is 58.6 Å². The van der Waals surface area contributed by atoms with Crippen molar-refractivity contribution in [2.24, 2.45) is 0 Å². The highest BCUT2D eigenvalue weighted by Gasteiger charge is 2.27. The molecule has 0 spiro atoms. The van der Waals surface area contributed by atoms with Crippen LogP contribution < -0.4 is 5.32 Å². The number of hydrogen-bond acceptors (Lipinski definition) is 3. The summed E-state index contributed by atoms with van der Waals surface area (Å²) in [6.45, 7) is 7.15. The van der Waals surface area contributed by atoms with Crippen molar-refractivity contribution in [2.75, 3.05) is 7.05 Å². The molecular formula is C14H26N2O3. The fourth-order valence-electron chi connectivity index (χ4n) is 2.34. The number of nitrogens with one attached hydrogen (secondary N) is 1. The molecule has 5 nitrogen and oxygen atoms in total. The zero-order valence-corrected chi connectivity index (χ0v) is 12.7. The summed E-state index contributed by atoms with van der Waals surface area (Å²) in [6, 6.07) is 0.459. The molecule has 110 valence electrons. The zero-order chi connectivity index (χ0) is 14.6. The molecule has 0 radical (unpaired) electrons. The maximum absolute atomic E-state index is 11.7. The largest absolute Gasteiger partial charge is 0.444 e. The van der Waals surface area contributed by atoms with Gasteiger partial charge >= 0.3 is 6.09 Å². The molecule has 0 aromatic heterocycles. The lowest BCUT2D eigenvalue weighted by molar-refractivity contribution is -0.130. The van der Waals surface area contributed by atoms with Crippen LogP contribution in [0.5, 0.6) is 0 Å². The number of ether oxygens (including phenoxy) is 1. The summed E-state index contributed by atoms with van der Waals surface area (Å²) in [6.07, 6.45) is 3.28. The summed E-state index contributed by atoms with van der Waals surface area (Å²) in [4.78, 5) is 24.7. The van der Waals surface area contributed by atoms with E-state index in [-0.39, 0.29) is 18.0 Å². The standard InChI is InChI=1S/C14H26N2O3/c1-10(17)16(5)12-8-6-11(7-9-12)15-13(18)19-14(2,3)4/h11-12H,6-9H2,1-5H3,(H,15,18). The summed E-state index contributed by atoms with van der Waals surface area (Å²) in [7, 11) is 1.84. The van der Waals surface area contributed by atoms with Gasteiger partial charge in [0, 0.05) is 26.1 Å². The number of hydrogen-bond donors (Lipinski definition) is 1. The van der Waals surface area contributed by atoms with Gasteiger partial charge in [-0.1, -0.05) is 0 Å². The molecule has 0 saturated heterocycles. The fraction of sp³-hybridized carbons (Fsp3) is 0.857. The molecule has 19 heavy (non-hydrogen) atoms. The average Bonchev–Trinajstić information content (AvgIpc) is 2.26. The van der Waals surface area contributed by atoms with Crippen LogP contribution in [0, 0.1) is 0 Å². The molecule has 0 unspecified atom stereocenters. The van der Waals surface area contributed by atoms with Crippen molar-refractivity contribution >= 4 is 12.0 Å². The molecule has 0 aromatic carbocycles. The quantitative estimate of drug-likeness (QED) is 0.837. The second kappa shape index (κ2) is 6.26. The van der Waals surface area contributed by atoms with Crippen LogP contribution in [0.4, 0.5) is 4.79 Å². The summed E-state index contributed by atoms with van der Waals surface area (Å²) < 4.78 is 5.24. The number of alkyl carbamates (subject to hydrolysis) is 1. The molecule has 0 aromatic rings. The van der Waals surface area contributed by atoms with Gasteiger partial charge in [-0.3, -0.25) is 4.79 Å². The van der Waals surface area contributed by atoms with Gasteiger partial charge in [0.2, 0.25) is 5.91 Å². The van der Waals surface area contributed by atoms with E-state index in [9.17, 15) is 9.59 Å². The minimum Gasteiger partial charge on any atom is -0.444 e. The molecule has 1 aliphatic rings. The van der Waals surface area contributed by atoms with Crippen molar-refractivity contribution in [3.05, 3.63) is 0 Å². The van der Waals surface area contributed by atoms with Crippen molar-refractivity contribution in [3.8, 4) is 0 Å². The number of carbonyl (C=O) groups excluding carboxylic acids is 2. The van der Waals surface area contributed by atoms with Crippen LogP contribution in [0.25, 0.3) is 0 Å². The molecule has 0 bridgehead atoms. The lowest BCUT2D eigenvalue weighted by Gasteiger charge is -2.34. The van der Waals surface area contributed by atoms with Gasteiger partial charge in [-0.2, -0.15) is 0 Å². The molecule has 0 atom stereocenters. The molecule has 0 aliphatic heterocycles. The van der Waals surface area contributed by atoms with Crippen LogP contribution >= 0.6 is 0 Å². The number of rotatable bonds is 2. The van der Waals surface area contributed by atoms with Crippen LogP contribution in [-0.4, -0.2) is 41.6 Å². The number of carbonyl (C=O) groups is 2. The first-order chi connectivity index (χ1) is 8.69. The molecule has 5 heteroatoms. The predicted octanol–water partition coefficient (Wildman–Crippen LogP) is 2.30. The van der Waals surface area contributed by atoms with E-state index >= 15 is 0 Å². The van der Waals surface area contributed by atoms with Gasteiger partial charge in [0.15, 0.2) is 0 Å². The third-order valence-corrected chi connectivity index (χ3v) is 3.46. The minimum atomic E-state index is -0.462. The Kier molecular flexibility index (Phi) is 5.20. The van der Waals surface area contributed by atoms with Crippen LogP contribution in [0.3, 0.4) is 0 Å². The average molecular weight is 270 g/mol. The molecule has 1 saturated carbocycles. The van der Waals surface area contributed by atoms with Gasteiger partial charge < -0.3 is 15.0 Å². The van der Waals surface area contributed by atoms with Crippen molar-refractivity contribution in [3.63, 3.8) is 0 Å². The van der Waals surface area contributed by atoms with E-state index in [4.69, 9.17) is 4.74 Å². The number of amides is 2.